The quantitative estimate of drug-likeness (QED) is 0.663. The van der Waals surface area contributed by atoms with E-state index in [4.69, 9.17) is 0 Å². The molecule has 2 rings (SSSR count). The number of nitro groups is 1. The molecule has 1 heterocycles. The number of aromatic nitrogens is 1. The van der Waals surface area contributed by atoms with E-state index < -0.39 is 0 Å². The molecule has 0 spiro atoms. The second-order valence-electron chi connectivity index (χ2n) is 6.03. The molecule has 0 amide bonds. The minimum Gasteiger partial charge on any atom is -0.311 e. The molecule has 0 aromatic carbocycles. The summed E-state index contributed by atoms with van der Waals surface area (Å²) >= 11 is 0. The van der Waals surface area contributed by atoms with Crippen LogP contribution in [0.25, 0.3) is 0 Å². The number of pyridine rings is 1. The summed E-state index contributed by atoms with van der Waals surface area (Å²) in [5.74, 6) is 1.58. The highest BCUT2D eigenvalue weighted by molar-refractivity contribution is 5.47. The van der Waals surface area contributed by atoms with Crippen LogP contribution in [-0.4, -0.2) is 16.5 Å². The zero-order valence-electron chi connectivity index (χ0n) is 12.5. The van der Waals surface area contributed by atoms with Gasteiger partial charge in [0.25, 0.3) is 5.69 Å². The van der Waals surface area contributed by atoms with Gasteiger partial charge in [-0.05, 0) is 45.1 Å². The summed E-state index contributed by atoms with van der Waals surface area (Å²) in [6.07, 6.45) is 5.49. The van der Waals surface area contributed by atoms with Gasteiger partial charge in [0, 0.05) is 23.9 Å². The summed E-state index contributed by atoms with van der Waals surface area (Å²) in [5.41, 5.74) is 2.29. The maximum Gasteiger partial charge on any atom is 0.278 e. The fourth-order valence-corrected chi connectivity index (χ4v) is 3.13. The number of nitrogens with zero attached hydrogens (tertiary/aromatic N) is 2. The number of rotatable bonds is 5. The van der Waals surface area contributed by atoms with Crippen molar-refractivity contribution in [3.8, 4) is 0 Å². The van der Waals surface area contributed by atoms with Gasteiger partial charge in [0.2, 0.25) is 0 Å². The Morgan fingerprint density at radius 2 is 2.20 bits per heavy atom. The number of hydrogen-bond donors (Lipinski definition) is 1. The monoisotopic (exact) mass is 277 g/mol. The summed E-state index contributed by atoms with van der Waals surface area (Å²) in [7, 11) is 0. The van der Waals surface area contributed by atoms with Gasteiger partial charge in [0.05, 0.1) is 10.6 Å². The van der Waals surface area contributed by atoms with E-state index in [1.165, 1.54) is 19.3 Å². The number of aryl methyl sites for hydroxylation is 1. The Kier molecular flexibility index (Phi) is 4.70. The van der Waals surface area contributed by atoms with E-state index in [1.54, 1.807) is 20.0 Å². The topological polar surface area (TPSA) is 68.1 Å². The van der Waals surface area contributed by atoms with Gasteiger partial charge in [-0.25, -0.2) is 0 Å². The highest BCUT2D eigenvalue weighted by Crippen LogP contribution is 2.29. The zero-order valence-corrected chi connectivity index (χ0v) is 12.5. The van der Waals surface area contributed by atoms with Crippen LogP contribution in [0, 0.1) is 35.8 Å². The van der Waals surface area contributed by atoms with Gasteiger partial charge in [-0.15, -0.1) is 0 Å². The highest BCUT2D eigenvalue weighted by atomic mass is 16.6. The Morgan fingerprint density at radius 1 is 1.45 bits per heavy atom. The van der Waals surface area contributed by atoms with Crippen LogP contribution >= 0.6 is 0 Å². The van der Waals surface area contributed by atoms with Gasteiger partial charge in [0.1, 0.15) is 0 Å². The average molecular weight is 277 g/mol. The van der Waals surface area contributed by atoms with Gasteiger partial charge in [-0.1, -0.05) is 13.3 Å². The molecule has 0 radical (unpaired) electrons. The van der Waals surface area contributed by atoms with Crippen LogP contribution in [0.1, 0.15) is 43.0 Å². The molecule has 2 unspecified atom stereocenters. The molecule has 1 aliphatic rings. The van der Waals surface area contributed by atoms with E-state index in [0.29, 0.717) is 17.7 Å². The van der Waals surface area contributed by atoms with Gasteiger partial charge in [-0.3, -0.25) is 15.1 Å². The minimum absolute atomic E-state index is 0.200. The normalized spacial score (nSPS) is 22.1. The van der Waals surface area contributed by atoms with Crippen LogP contribution in [0.5, 0.6) is 0 Å². The number of hydrogen-bond acceptors (Lipinski definition) is 4. The van der Waals surface area contributed by atoms with Crippen LogP contribution in [0.4, 0.5) is 5.69 Å². The molecule has 1 fully saturated rings. The third-order valence-corrected chi connectivity index (χ3v) is 4.29. The Labute approximate surface area is 119 Å². The lowest BCUT2D eigenvalue weighted by atomic mass is 10.1. The summed E-state index contributed by atoms with van der Waals surface area (Å²) in [4.78, 5) is 15.1. The fourth-order valence-electron chi connectivity index (χ4n) is 3.13. The molecule has 20 heavy (non-hydrogen) atoms. The van der Waals surface area contributed by atoms with E-state index in [0.717, 1.165) is 24.1 Å². The number of nitrogens with one attached hydrogen (secondary N) is 1. The molecule has 1 saturated carbocycles. The maximum atomic E-state index is 11.1. The zero-order chi connectivity index (χ0) is 14.7. The molecule has 1 N–H and O–H groups in total. The Hall–Kier alpha value is -1.49. The third-order valence-electron chi connectivity index (χ3n) is 4.29. The van der Waals surface area contributed by atoms with Crippen LogP contribution in [0.2, 0.25) is 0 Å². The minimum atomic E-state index is -0.311. The summed E-state index contributed by atoms with van der Waals surface area (Å²) in [6, 6.07) is 0. The van der Waals surface area contributed by atoms with Crippen molar-refractivity contribution in [2.24, 2.45) is 11.8 Å². The predicted octanol–water partition coefficient (Wildman–Crippen LogP) is 3.13. The van der Waals surface area contributed by atoms with E-state index in [9.17, 15) is 10.1 Å². The first-order valence-electron chi connectivity index (χ1n) is 7.29. The first kappa shape index (κ1) is 14.9. The van der Waals surface area contributed by atoms with Crippen LogP contribution in [0.3, 0.4) is 0 Å². The van der Waals surface area contributed by atoms with Gasteiger partial charge < -0.3 is 5.32 Å². The molecular weight excluding hydrogens is 254 g/mol. The molecule has 110 valence electrons. The standard InChI is InChI=1S/C15H23N3O2/c1-10-4-5-13(6-10)8-16-9-14-12(3)15(18(19)20)11(2)7-17-14/h7,10,13,16H,4-6,8-9H2,1-3H3. The van der Waals surface area contributed by atoms with Crippen molar-refractivity contribution < 1.29 is 4.92 Å². The van der Waals surface area contributed by atoms with Crippen LogP contribution in [0.15, 0.2) is 6.20 Å². The van der Waals surface area contributed by atoms with Gasteiger partial charge >= 0.3 is 0 Å². The van der Waals surface area contributed by atoms with Crippen molar-refractivity contribution in [1.82, 2.24) is 10.3 Å². The molecule has 1 aliphatic carbocycles. The lowest BCUT2D eigenvalue weighted by molar-refractivity contribution is -0.386. The molecule has 1 aromatic rings. The average Bonchev–Trinajstić information content (AvgIpc) is 2.77. The molecule has 0 saturated heterocycles. The summed E-state index contributed by atoms with van der Waals surface area (Å²) < 4.78 is 0. The van der Waals surface area contributed by atoms with Crippen molar-refractivity contribution in [3.63, 3.8) is 0 Å². The largest absolute Gasteiger partial charge is 0.311 e. The summed E-state index contributed by atoms with van der Waals surface area (Å²) in [5, 5.41) is 14.5. The molecular formula is C15H23N3O2. The second kappa shape index (κ2) is 6.31. The molecule has 0 bridgehead atoms. The summed E-state index contributed by atoms with van der Waals surface area (Å²) in [6.45, 7) is 7.40. The lowest BCUT2D eigenvalue weighted by Gasteiger charge is -2.12. The molecule has 2 atom stereocenters. The van der Waals surface area contributed by atoms with Crippen molar-refractivity contribution in [3.05, 3.63) is 33.1 Å². The predicted molar refractivity (Wildman–Crippen MR) is 78.6 cm³/mol. The highest BCUT2D eigenvalue weighted by Gasteiger charge is 2.22. The van der Waals surface area contributed by atoms with E-state index in [2.05, 4.69) is 17.2 Å². The van der Waals surface area contributed by atoms with Crippen molar-refractivity contribution in [1.29, 1.82) is 0 Å². The van der Waals surface area contributed by atoms with Gasteiger partial charge in [0.15, 0.2) is 0 Å². The molecule has 5 nitrogen and oxygen atoms in total. The van der Waals surface area contributed by atoms with Crippen LogP contribution in [-0.2, 0) is 6.54 Å². The first-order valence-corrected chi connectivity index (χ1v) is 7.29. The van der Waals surface area contributed by atoms with Crippen LogP contribution < -0.4 is 5.32 Å². The van der Waals surface area contributed by atoms with Crippen molar-refractivity contribution in [2.75, 3.05) is 6.54 Å². The third kappa shape index (κ3) is 3.33. The van der Waals surface area contributed by atoms with Crippen molar-refractivity contribution >= 4 is 5.69 Å². The molecule has 5 heteroatoms. The lowest BCUT2D eigenvalue weighted by Crippen LogP contribution is -2.22. The Bertz CT molecular complexity index is 502. The first-order chi connectivity index (χ1) is 9.49. The van der Waals surface area contributed by atoms with E-state index in [-0.39, 0.29) is 10.6 Å². The smallest absolute Gasteiger partial charge is 0.278 e. The molecule has 1 aromatic heterocycles. The SMILES string of the molecule is Cc1cnc(CNCC2CCC(C)C2)c(C)c1[N+](=O)[O-]. The maximum absolute atomic E-state index is 11.1. The Balaban J connectivity index is 1.96. The van der Waals surface area contributed by atoms with Crippen molar-refractivity contribution in [2.45, 2.75) is 46.6 Å². The second-order valence-corrected chi connectivity index (χ2v) is 6.03. The van der Waals surface area contributed by atoms with E-state index in [1.807, 2.05) is 0 Å². The molecule has 0 aliphatic heterocycles. The van der Waals surface area contributed by atoms with Gasteiger partial charge in [-0.2, -0.15) is 0 Å². The fraction of sp³-hybridized carbons (Fsp3) is 0.667. The van der Waals surface area contributed by atoms with E-state index >= 15 is 0 Å². The Morgan fingerprint density at radius 3 is 2.80 bits per heavy atom.